The molecule has 0 aliphatic carbocycles. The number of aliphatic hydroxyl groups is 1. The zero-order valence-electron chi connectivity index (χ0n) is 10.6. The third-order valence-corrected chi connectivity index (χ3v) is 3.41. The molecule has 1 aromatic heterocycles. The van der Waals surface area contributed by atoms with Gasteiger partial charge in [0.1, 0.15) is 0 Å². The van der Waals surface area contributed by atoms with Gasteiger partial charge in [0, 0.05) is 19.0 Å². The molecule has 6 nitrogen and oxygen atoms in total. The van der Waals surface area contributed by atoms with Crippen LogP contribution in [0.4, 0.5) is 6.01 Å². The molecule has 1 fully saturated rings. The van der Waals surface area contributed by atoms with Gasteiger partial charge in [-0.3, -0.25) is 0 Å². The first-order valence-electron chi connectivity index (χ1n) is 6.05. The average molecular weight is 240 g/mol. The number of hydrogen-bond donors (Lipinski definition) is 2. The number of anilines is 1. The highest BCUT2D eigenvalue weighted by Crippen LogP contribution is 2.25. The van der Waals surface area contributed by atoms with Gasteiger partial charge in [-0.25, -0.2) is 0 Å². The maximum atomic E-state index is 9.54. The first kappa shape index (κ1) is 12.3. The molecule has 0 radical (unpaired) electrons. The SMILES string of the molecule is CNC(C)c1nnc(N2CCC(C(C)O)C2)o1. The molecule has 0 aromatic carbocycles. The maximum absolute atomic E-state index is 9.54. The van der Waals surface area contributed by atoms with Crippen molar-refractivity contribution in [3.05, 3.63) is 5.89 Å². The Kier molecular flexibility index (Phi) is 3.63. The third kappa shape index (κ3) is 2.58. The Morgan fingerprint density at radius 3 is 2.82 bits per heavy atom. The Labute approximate surface area is 101 Å². The second-order valence-corrected chi connectivity index (χ2v) is 4.67. The van der Waals surface area contributed by atoms with Crippen LogP contribution in [-0.2, 0) is 0 Å². The topological polar surface area (TPSA) is 74.4 Å². The van der Waals surface area contributed by atoms with E-state index in [0.717, 1.165) is 19.5 Å². The zero-order valence-corrected chi connectivity index (χ0v) is 10.6. The monoisotopic (exact) mass is 240 g/mol. The summed E-state index contributed by atoms with van der Waals surface area (Å²) < 4.78 is 5.61. The van der Waals surface area contributed by atoms with Crippen LogP contribution in [0.5, 0.6) is 0 Å². The molecule has 0 saturated carbocycles. The Hall–Kier alpha value is -1.14. The van der Waals surface area contributed by atoms with Crippen molar-refractivity contribution < 1.29 is 9.52 Å². The van der Waals surface area contributed by atoms with Crippen molar-refractivity contribution >= 4 is 6.01 Å². The van der Waals surface area contributed by atoms with Crippen LogP contribution in [0.3, 0.4) is 0 Å². The van der Waals surface area contributed by atoms with E-state index in [2.05, 4.69) is 15.5 Å². The molecule has 2 rings (SSSR count). The van der Waals surface area contributed by atoms with Gasteiger partial charge in [0.15, 0.2) is 0 Å². The predicted molar refractivity (Wildman–Crippen MR) is 63.8 cm³/mol. The van der Waals surface area contributed by atoms with E-state index < -0.39 is 0 Å². The minimum absolute atomic E-state index is 0.0615. The number of rotatable bonds is 4. The van der Waals surface area contributed by atoms with E-state index in [1.165, 1.54) is 0 Å². The second-order valence-electron chi connectivity index (χ2n) is 4.67. The fourth-order valence-electron chi connectivity index (χ4n) is 2.01. The summed E-state index contributed by atoms with van der Waals surface area (Å²) in [6, 6.07) is 0.622. The maximum Gasteiger partial charge on any atom is 0.318 e. The van der Waals surface area contributed by atoms with Crippen LogP contribution in [0.25, 0.3) is 0 Å². The molecule has 0 spiro atoms. The Balaban J connectivity index is 2.02. The van der Waals surface area contributed by atoms with Gasteiger partial charge in [0.05, 0.1) is 12.1 Å². The summed E-state index contributed by atoms with van der Waals surface area (Å²) in [5, 5.41) is 20.7. The van der Waals surface area contributed by atoms with Crippen LogP contribution in [0.15, 0.2) is 4.42 Å². The summed E-state index contributed by atoms with van der Waals surface area (Å²) in [7, 11) is 1.86. The van der Waals surface area contributed by atoms with Crippen LogP contribution in [-0.4, -0.2) is 41.5 Å². The minimum atomic E-state index is -0.279. The van der Waals surface area contributed by atoms with Crippen molar-refractivity contribution in [3.8, 4) is 0 Å². The number of hydrogen-bond acceptors (Lipinski definition) is 6. The lowest BCUT2D eigenvalue weighted by Gasteiger charge is -2.14. The molecule has 3 unspecified atom stereocenters. The molecule has 2 N–H and O–H groups in total. The molecule has 1 aliphatic rings. The van der Waals surface area contributed by atoms with E-state index in [1.54, 1.807) is 0 Å². The fourth-order valence-corrected chi connectivity index (χ4v) is 2.01. The van der Waals surface area contributed by atoms with Gasteiger partial charge in [-0.15, -0.1) is 5.10 Å². The standard InChI is InChI=1S/C11H20N4O2/c1-7(12-3)10-13-14-11(17-10)15-5-4-9(6-15)8(2)16/h7-9,12,16H,4-6H2,1-3H3. The van der Waals surface area contributed by atoms with Crippen LogP contribution in [0, 0.1) is 5.92 Å². The Morgan fingerprint density at radius 1 is 1.47 bits per heavy atom. The summed E-state index contributed by atoms with van der Waals surface area (Å²) in [6.07, 6.45) is 0.690. The average Bonchev–Trinajstić information content (AvgIpc) is 2.95. The Bertz CT molecular complexity index is 366. The molecule has 1 aliphatic heterocycles. The highest BCUT2D eigenvalue weighted by Gasteiger charge is 2.29. The van der Waals surface area contributed by atoms with Gasteiger partial charge in [-0.05, 0) is 27.3 Å². The Morgan fingerprint density at radius 2 is 2.24 bits per heavy atom. The van der Waals surface area contributed by atoms with Crippen molar-refractivity contribution in [1.29, 1.82) is 0 Å². The first-order chi connectivity index (χ1) is 8.11. The van der Waals surface area contributed by atoms with E-state index in [0.29, 0.717) is 17.8 Å². The molecule has 0 amide bonds. The normalized spacial score (nSPS) is 24.0. The molecular weight excluding hydrogens is 220 g/mol. The van der Waals surface area contributed by atoms with Crippen LogP contribution in [0.1, 0.15) is 32.2 Å². The highest BCUT2D eigenvalue weighted by atomic mass is 16.4. The van der Waals surface area contributed by atoms with Gasteiger partial charge in [0.2, 0.25) is 5.89 Å². The fraction of sp³-hybridized carbons (Fsp3) is 0.818. The molecule has 1 saturated heterocycles. The molecule has 0 bridgehead atoms. The summed E-state index contributed by atoms with van der Waals surface area (Å²) >= 11 is 0. The van der Waals surface area contributed by atoms with Crippen molar-refractivity contribution in [2.75, 3.05) is 25.0 Å². The second kappa shape index (κ2) is 5.01. The molecular formula is C11H20N4O2. The van der Waals surface area contributed by atoms with Crippen LogP contribution < -0.4 is 10.2 Å². The largest absolute Gasteiger partial charge is 0.406 e. The highest BCUT2D eigenvalue weighted by molar-refractivity contribution is 5.26. The van der Waals surface area contributed by atoms with Crippen molar-refractivity contribution in [3.63, 3.8) is 0 Å². The molecule has 96 valence electrons. The summed E-state index contributed by atoms with van der Waals surface area (Å²) in [5.41, 5.74) is 0. The van der Waals surface area contributed by atoms with E-state index in [9.17, 15) is 5.11 Å². The van der Waals surface area contributed by atoms with E-state index in [1.807, 2.05) is 25.8 Å². The van der Waals surface area contributed by atoms with E-state index in [-0.39, 0.29) is 12.1 Å². The summed E-state index contributed by atoms with van der Waals surface area (Å²) in [5.74, 6) is 0.898. The molecule has 3 atom stereocenters. The van der Waals surface area contributed by atoms with Gasteiger partial charge in [-0.2, -0.15) is 0 Å². The quantitative estimate of drug-likeness (QED) is 0.801. The zero-order chi connectivity index (χ0) is 12.4. The summed E-state index contributed by atoms with van der Waals surface area (Å²) in [6.45, 7) is 5.45. The van der Waals surface area contributed by atoms with Crippen LogP contribution >= 0.6 is 0 Å². The van der Waals surface area contributed by atoms with E-state index in [4.69, 9.17) is 4.42 Å². The molecule has 1 aromatic rings. The van der Waals surface area contributed by atoms with Gasteiger partial charge >= 0.3 is 6.01 Å². The van der Waals surface area contributed by atoms with Crippen molar-refractivity contribution in [2.45, 2.75) is 32.4 Å². The van der Waals surface area contributed by atoms with Gasteiger partial charge in [0.25, 0.3) is 0 Å². The van der Waals surface area contributed by atoms with Crippen LogP contribution in [0.2, 0.25) is 0 Å². The van der Waals surface area contributed by atoms with Gasteiger partial charge < -0.3 is 19.7 Å². The smallest absolute Gasteiger partial charge is 0.318 e. The minimum Gasteiger partial charge on any atom is -0.406 e. The molecule has 2 heterocycles. The number of nitrogens with zero attached hydrogens (tertiary/aromatic N) is 3. The van der Waals surface area contributed by atoms with Crippen molar-refractivity contribution in [2.24, 2.45) is 5.92 Å². The van der Waals surface area contributed by atoms with E-state index >= 15 is 0 Å². The third-order valence-electron chi connectivity index (χ3n) is 3.41. The predicted octanol–water partition coefficient (Wildman–Crippen LogP) is 0.557. The lowest BCUT2D eigenvalue weighted by atomic mass is 10.0. The first-order valence-corrected chi connectivity index (χ1v) is 6.05. The van der Waals surface area contributed by atoms with Crippen molar-refractivity contribution in [1.82, 2.24) is 15.5 Å². The number of nitrogens with one attached hydrogen (secondary N) is 1. The lowest BCUT2D eigenvalue weighted by molar-refractivity contribution is 0.136. The van der Waals surface area contributed by atoms with Gasteiger partial charge in [-0.1, -0.05) is 5.10 Å². The summed E-state index contributed by atoms with van der Waals surface area (Å²) in [4.78, 5) is 2.04. The number of aromatic nitrogens is 2. The molecule has 6 heteroatoms. The lowest BCUT2D eigenvalue weighted by Crippen LogP contribution is -2.24. The molecule has 17 heavy (non-hydrogen) atoms. The number of aliphatic hydroxyl groups excluding tert-OH is 1.